The molecule has 5 amide bonds. The van der Waals surface area contributed by atoms with Crippen LogP contribution in [0.4, 0.5) is 9.59 Å². The Morgan fingerprint density at radius 3 is 2.26 bits per heavy atom. The van der Waals surface area contributed by atoms with E-state index in [1.165, 1.54) is 0 Å². The highest BCUT2D eigenvalue weighted by Gasteiger charge is 2.21. The molecule has 110 valence electrons. The maximum atomic E-state index is 11.8. The van der Waals surface area contributed by atoms with Gasteiger partial charge in [0.05, 0.1) is 0 Å². The Labute approximate surface area is 112 Å². The third-order valence-corrected chi connectivity index (χ3v) is 2.17. The molecule has 0 spiro atoms. The molecule has 0 fully saturated rings. The monoisotopic (exact) mass is 273 g/mol. The molecule has 8 nitrogen and oxygen atoms in total. The standard InChI is InChI=1S/C11H23N5O3/c1-4-5-13-11(19)16-15-9(17)8(6-7(2)3)14-10(12)18/h7-8H,4-6H2,1-3H3,(H,15,17)(H3,12,14,18)(H2,13,16,19). The van der Waals surface area contributed by atoms with Crippen molar-refractivity contribution in [3.63, 3.8) is 0 Å². The van der Waals surface area contributed by atoms with E-state index in [4.69, 9.17) is 5.73 Å². The minimum atomic E-state index is -0.781. The highest BCUT2D eigenvalue weighted by molar-refractivity contribution is 5.88. The summed E-state index contributed by atoms with van der Waals surface area (Å²) >= 11 is 0. The number of nitrogens with one attached hydrogen (secondary N) is 4. The zero-order valence-corrected chi connectivity index (χ0v) is 11.6. The minimum absolute atomic E-state index is 0.191. The maximum Gasteiger partial charge on any atom is 0.333 e. The first-order chi connectivity index (χ1) is 8.86. The lowest BCUT2D eigenvalue weighted by molar-refractivity contribution is -0.124. The average molecular weight is 273 g/mol. The molecular weight excluding hydrogens is 250 g/mol. The van der Waals surface area contributed by atoms with E-state index in [0.717, 1.165) is 6.42 Å². The fourth-order valence-corrected chi connectivity index (χ4v) is 1.36. The number of hydrazine groups is 1. The number of primary amides is 1. The molecule has 0 saturated heterocycles. The van der Waals surface area contributed by atoms with E-state index in [0.29, 0.717) is 13.0 Å². The molecule has 0 bridgehead atoms. The number of nitrogens with two attached hydrogens (primary N) is 1. The fraction of sp³-hybridized carbons (Fsp3) is 0.727. The van der Waals surface area contributed by atoms with Crippen molar-refractivity contribution in [3.8, 4) is 0 Å². The van der Waals surface area contributed by atoms with Crippen molar-refractivity contribution in [2.45, 2.75) is 39.7 Å². The smallest absolute Gasteiger partial charge is 0.333 e. The molecule has 0 aliphatic heterocycles. The van der Waals surface area contributed by atoms with E-state index in [2.05, 4.69) is 21.5 Å². The molecule has 0 aromatic heterocycles. The summed E-state index contributed by atoms with van der Waals surface area (Å²) in [5, 5.41) is 4.86. The van der Waals surface area contributed by atoms with Crippen LogP contribution in [0.25, 0.3) is 0 Å². The van der Waals surface area contributed by atoms with Crippen LogP contribution < -0.4 is 27.2 Å². The number of hydrogen-bond donors (Lipinski definition) is 5. The first kappa shape index (κ1) is 17.0. The van der Waals surface area contributed by atoms with Gasteiger partial charge < -0.3 is 16.4 Å². The van der Waals surface area contributed by atoms with Crippen LogP contribution in [0.2, 0.25) is 0 Å². The van der Waals surface area contributed by atoms with Gasteiger partial charge in [-0.1, -0.05) is 20.8 Å². The first-order valence-electron chi connectivity index (χ1n) is 6.26. The SMILES string of the molecule is CCCNC(=O)NNC(=O)C(CC(C)C)NC(N)=O. The van der Waals surface area contributed by atoms with Crippen LogP contribution in [0.3, 0.4) is 0 Å². The summed E-state index contributed by atoms with van der Waals surface area (Å²) in [6.07, 6.45) is 1.22. The van der Waals surface area contributed by atoms with Gasteiger partial charge in [-0.05, 0) is 18.8 Å². The largest absolute Gasteiger partial charge is 0.352 e. The summed E-state index contributed by atoms with van der Waals surface area (Å²) in [7, 11) is 0. The summed E-state index contributed by atoms with van der Waals surface area (Å²) in [5.74, 6) is -0.323. The molecule has 0 aliphatic rings. The lowest BCUT2D eigenvalue weighted by atomic mass is 10.0. The fourth-order valence-electron chi connectivity index (χ4n) is 1.36. The molecule has 1 atom stereocenters. The van der Waals surface area contributed by atoms with Gasteiger partial charge in [-0.3, -0.25) is 10.2 Å². The molecule has 0 saturated carbocycles. The quantitative estimate of drug-likeness (QED) is 0.431. The van der Waals surface area contributed by atoms with Gasteiger partial charge in [0, 0.05) is 6.54 Å². The highest BCUT2D eigenvalue weighted by Crippen LogP contribution is 2.04. The Kier molecular flexibility index (Phi) is 8.07. The van der Waals surface area contributed by atoms with Gasteiger partial charge >= 0.3 is 12.1 Å². The highest BCUT2D eigenvalue weighted by atomic mass is 16.2. The molecule has 0 radical (unpaired) electrons. The van der Waals surface area contributed by atoms with E-state index < -0.39 is 24.0 Å². The number of carbonyl (C=O) groups excluding carboxylic acids is 3. The topological polar surface area (TPSA) is 125 Å². The second kappa shape index (κ2) is 9.01. The van der Waals surface area contributed by atoms with Crippen LogP contribution in [0.15, 0.2) is 0 Å². The average Bonchev–Trinajstić information content (AvgIpc) is 2.31. The lowest BCUT2D eigenvalue weighted by Crippen LogP contribution is -2.55. The number of urea groups is 2. The zero-order chi connectivity index (χ0) is 14.8. The first-order valence-corrected chi connectivity index (χ1v) is 6.26. The predicted octanol–water partition coefficient (Wildman–Crippen LogP) is -0.190. The molecule has 6 N–H and O–H groups in total. The van der Waals surface area contributed by atoms with Crippen LogP contribution in [-0.4, -0.2) is 30.6 Å². The molecule has 0 aromatic carbocycles. The van der Waals surface area contributed by atoms with Crippen LogP contribution in [0.5, 0.6) is 0 Å². The van der Waals surface area contributed by atoms with Crippen molar-refractivity contribution in [1.82, 2.24) is 21.5 Å². The van der Waals surface area contributed by atoms with Crippen molar-refractivity contribution < 1.29 is 14.4 Å². The van der Waals surface area contributed by atoms with Crippen molar-refractivity contribution >= 4 is 18.0 Å². The van der Waals surface area contributed by atoms with Gasteiger partial charge in [-0.15, -0.1) is 0 Å². The van der Waals surface area contributed by atoms with Gasteiger partial charge in [-0.25, -0.2) is 15.0 Å². The molecule has 0 aliphatic carbocycles. The van der Waals surface area contributed by atoms with Crippen molar-refractivity contribution in [2.75, 3.05) is 6.54 Å². The zero-order valence-electron chi connectivity index (χ0n) is 11.6. The summed E-state index contributed by atoms with van der Waals surface area (Å²) in [6.45, 7) is 6.24. The van der Waals surface area contributed by atoms with Crippen LogP contribution in [0.1, 0.15) is 33.6 Å². The number of rotatable bonds is 6. The molecular formula is C11H23N5O3. The molecule has 19 heavy (non-hydrogen) atoms. The second-order valence-corrected chi connectivity index (χ2v) is 4.56. The molecule has 0 rings (SSSR count). The van der Waals surface area contributed by atoms with Gasteiger partial charge in [0.1, 0.15) is 6.04 Å². The van der Waals surface area contributed by atoms with Crippen LogP contribution in [0, 0.1) is 5.92 Å². The Bertz CT molecular complexity index is 319. The Morgan fingerprint density at radius 2 is 1.79 bits per heavy atom. The van der Waals surface area contributed by atoms with Crippen LogP contribution >= 0.6 is 0 Å². The van der Waals surface area contributed by atoms with Gasteiger partial charge in [0.25, 0.3) is 5.91 Å². The molecule has 0 aromatic rings. The summed E-state index contributed by atoms with van der Waals surface area (Å²) < 4.78 is 0. The Morgan fingerprint density at radius 1 is 1.16 bits per heavy atom. The summed E-state index contributed by atoms with van der Waals surface area (Å²) in [6, 6.07) is -2.06. The van der Waals surface area contributed by atoms with Crippen molar-refractivity contribution in [3.05, 3.63) is 0 Å². The molecule has 1 unspecified atom stereocenters. The van der Waals surface area contributed by atoms with E-state index in [-0.39, 0.29) is 5.92 Å². The van der Waals surface area contributed by atoms with E-state index in [1.807, 2.05) is 20.8 Å². The van der Waals surface area contributed by atoms with E-state index >= 15 is 0 Å². The maximum absolute atomic E-state index is 11.8. The predicted molar refractivity (Wildman–Crippen MR) is 70.9 cm³/mol. The third kappa shape index (κ3) is 8.70. The molecule has 8 heteroatoms. The summed E-state index contributed by atoms with van der Waals surface area (Å²) in [5.41, 5.74) is 9.43. The lowest BCUT2D eigenvalue weighted by Gasteiger charge is -2.19. The Hall–Kier alpha value is -1.99. The van der Waals surface area contributed by atoms with Gasteiger partial charge in [-0.2, -0.15) is 0 Å². The second-order valence-electron chi connectivity index (χ2n) is 4.56. The van der Waals surface area contributed by atoms with Gasteiger partial charge in [0.15, 0.2) is 0 Å². The van der Waals surface area contributed by atoms with Crippen molar-refractivity contribution in [2.24, 2.45) is 11.7 Å². The Balaban J connectivity index is 4.23. The van der Waals surface area contributed by atoms with Crippen molar-refractivity contribution in [1.29, 1.82) is 0 Å². The van der Waals surface area contributed by atoms with Crippen LogP contribution in [-0.2, 0) is 4.79 Å². The minimum Gasteiger partial charge on any atom is -0.352 e. The third-order valence-electron chi connectivity index (χ3n) is 2.17. The summed E-state index contributed by atoms with van der Waals surface area (Å²) in [4.78, 5) is 33.8. The normalized spacial score (nSPS) is 11.6. The molecule has 0 heterocycles. The number of carbonyl (C=O) groups is 3. The van der Waals surface area contributed by atoms with E-state index in [9.17, 15) is 14.4 Å². The van der Waals surface area contributed by atoms with E-state index in [1.54, 1.807) is 0 Å². The number of hydrogen-bond acceptors (Lipinski definition) is 3. The number of amides is 5. The van der Waals surface area contributed by atoms with Gasteiger partial charge in [0.2, 0.25) is 0 Å².